The van der Waals surface area contributed by atoms with Crippen molar-refractivity contribution in [2.24, 2.45) is 0 Å². The first-order valence-electron chi connectivity index (χ1n) is 15.0. The Kier molecular flexibility index (Phi) is 8.51. The van der Waals surface area contributed by atoms with Gasteiger partial charge in [0.15, 0.2) is 5.54 Å². The van der Waals surface area contributed by atoms with Gasteiger partial charge >= 0.3 is 12.1 Å². The average Bonchev–Trinajstić information content (AvgIpc) is 3.40. The largest absolute Gasteiger partial charge is 0.458 e. The van der Waals surface area contributed by atoms with Crippen LogP contribution < -0.4 is 0 Å². The van der Waals surface area contributed by atoms with Crippen LogP contribution in [-0.4, -0.2) is 51.1 Å². The fraction of sp³-hybridized carbons (Fsp3) is 0.324. The minimum absolute atomic E-state index is 0.102. The highest BCUT2D eigenvalue weighted by atomic mass is 16.6. The summed E-state index contributed by atoms with van der Waals surface area (Å²) in [4.78, 5) is 46.5. The second-order valence-corrected chi connectivity index (χ2v) is 12.5. The highest BCUT2D eigenvalue weighted by Crippen LogP contribution is 2.57. The van der Waals surface area contributed by atoms with Gasteiger partial charge < -0.3 is 14.4 Å². The number of nitrogens with zero attached hydrogens (tertiary/aromatic N) is 2. The number of β-lactam (4-membered cyclic amide) rings is 1. The maximum Gasteiger partial charge on any atom is 0.411 e. The van der Waals surface area contributed by atoms with E-state index in [0.717, 1.165) is 16.7 Å². The van der Waals surface area contributed by atoms with Crippen molar-refractivity contribution in [3.8, 4) is 0 Å². The van der Waals surface area contributed by atoms with Gasteiger partial charge in [-0.2, -0.15) is 0 Å². The lowest BCUT2D eigenvalue weighted by atomic mass is 9.66. The molecule has 3 aromatic rings. The number of esters is 1. The Morgan fingerprint density at radius 1 is 0.909 bits per heavy atom. The van der Waals surface area contributed by atoms with Crippen LogP contribution in [0, 0.1) is 0 Å². The van der Waals surface area contributed by atoms with Gasteiger partial charge in [0.2, 0.25) is 0 Å². The summed E-state index contributed by atoms with van der Waals surface area (Å²) in [7, 11) is 0. The van der Waals surface area contributed by atoms with Gasteiger partial charge in [0.25, 0.3) is 5.91 Å². The van der Waals surface area contributed by atoms with E-state index in [0.29, 0.717) is 0 Å². The summed E-state index contributed by atoms with van der Waals surface area (Å²) in [6.07, 6.45) is 3.24. The maximum absolute atomic E-state index is 15.1. The highest BCUT2D eigenvalue weighted by molar-refractivity contribution is 6.02. The molecule has 0 bridgehead atoms. The zero-order valence-corrected chi connectivity index (χ0v) is 25.6. The third-order valence-corrected chi connectivity index (χ3v) is 8.42. The quantitative estimate of drug-likeness (QED) is 0.136. The summed E-state index contributed by atoms with van der Waals surface area (Å²) < 4.78 is 11.7. The van der Waals surface area contributed by atoms with Gasteiger partial charge in [-0.05, 0) is 50.3 Å². The van der Waals surface area contributed by atoms with Crippen molar-refractivity contribution in [3.63, 3.8) is 0 Å². The third kappa shape index (κ3) is 5.32. The number of ether oxygens (including phenoxy) is 2. The molecule has 0 aliphatic carbocycles. The molecule has 0 radical (unpaired) electrons. The third-order valence-electron chi connectivity index (χ3n) is 8.42. The van der Waals surface area contributed by atoms with Crippen LogP contribution in [0.5, 0.6) is 0 Å². The molecule has 2 amide bonds. The Morgan fingerprint density at radius 2 is 1.48 bits per heavy atom. The normalized spacial score (nSPS) is 22.9. The van der Waals surface area contributed by atoms with Gasteiger partial charge in [0, 0.05) is 6.42 Å². The van der Waals surface area contributed by atoms with Crippen LogP contribution >= 0.6 is 0 Å². The van der Waals surface area contributed by atoms with Gasteiger partial charge in [0.05, 0.1) is 12.1 Å². The first-order valence-corrected chi connectivity index (χ1v) is 15.0. The number of hydrogen-bond donors (Lipinski definition) is 0. The van der Waals surface area contributed by atoms with Gasteiger partial charge in [-0.3, -0.25) is 9.69 Å². The number of rotatable bonds is 11. The minimum Gasteiger partial charge on any atom is -0.458 e. The molecule has 0 N–H and O–H groups in total. The maximum atomic E-state index is 15.1. The fourth-order valence-electron chi connectivity index (χ4n) is 6.68. The topological polar surface area (TPSA) is 76.2 Å². The summed E-state index contributed by atoms with van der Waals surface area (Å²) >= 11 is 0. The Labute approximate surface area is 259 Å². The molecule has 0 aromatic heterocycles. The first kappa shape index (κ1) is 30.8. The number of carbonyl (C=O) groups excluding carboxylic acids is 3. The molecule has 0 saturated carbocycles. The summed E-state index contributed by atoms with van der Waals surface area (Å²) in [5.41, 5.74) is -1.17. The number of carbonyl (C=O) groups is 3. The number of amides is 2. The Hall–Kier alpha value is -4.65. The van der Waals surface area contributed by atoms with Crippen molar-refractivity contribution in [2.45, 2.75) is 68.8 Å². The molecular formula is C37H40N2O5. The predicted molar refractivity (Wildman–Crippen MR) is 169 cm³/mol. The molecule has 7 nitrogen and oxygen atoms in total. The number of benzene rings is 3. The van der Waals surface area contributed by atoms with E-state index in [1.807, 2.05) is 112 Å². The molecule has 5 rings (SSSR count). The van der Waals surface area contributed by atoms with E-state index in [2.05, 4.69) is 13.2 Å². The molecule has 0 spiro atoms. The number of likely N-dealkylation sites (tertiary alicyclic amines) is 1. The lowest BCUT2D eigenvalue weighted by molar-refractivity contribution is -0.205. The highest BCUT2D eigenvalue weighted by Gasteiger charge is 2.72. The zero-order chi connectivity index (χ0) is 31.5. The Morgan fingerprint density at radius 3 is 2.02 bits per heavy atom. The molecule has 44 heavy (non-hydrogen) atoms. The van der Waals surface area contributed by atoms with Crippen LogP contribution in [0.4, 0.5) is 4.79 Å². The summed E-state index contributed by atoms with van der Waals surface area (Å²) in [6.45, 7) is 13.5. The SMILES string of the molecule is C=CC[C@@](Cc1ccccc1)(C(=O)OC(C)(C)C)N1C(=O)[C@@](CC=C)(N2C(=O)OC[C@@H]2c2ccccc2)[C@H]1c1ccccc1. The van der Waals surface area contributed by atoms with Gasteiger partial charge in [0.1, 0.15) is 17.7 Å². The molecule has 228 valence electrons. The van der Waals surface area contributed by atoms with E-state index in [-0.39, 0.29) is 31.8 Å². The van der Waals surface area contributed by atoms with Crippen LogP contribution in [0.15, 0.2) is 116 Å². The lowest BCUT2D eigenvalue weighted by Gasteiger charge is -2.64. The van der Waals surface area contributed by atoms with Crippen LogP contribution in [0.2, 0.25) is 0 Å². The summed E-state index contributed by atoms with van der Waals surface area (Å²) in [6, 6.07) is 27.5. The van der Waals surface area contributed by atoms with E-state index in [4.69, 9.17) is 9.47 Å². The molecule has 0 unspecified atom stereocenters. The second kappa shape index (κ2) is 12.2. The van der Waals surface area contributed by atoms with Crippen molar-refractivity contribution in [1.82, 2.24) is 9.80 Å². The zero-order valence-electron chi connectivity index (χ0n) is 25.6. The monoisotopic (exact) mass is 592 g/mol. The van der Waals surface area contributed by atoms with Crippen LogP contribution in [0.1, 0.15) is 62.4 Å². The van der Waals surface area contributed by atoms with Crippen molar-refractivity contribution >= 4 is 18.0 Å². The standard InChI is InChI=1S/C37H40N2O5/c1-6-23-36(33(41)44-35(3,4)5,25-27-17-11-8-12-18-27)39-31(29-21-15-10-16-22-29)37(24-7-2,32(39)40)38-30(26-43-34(38)42)28-19-13-9-14-20-28/h6-22,30-31H,1-2,23-26H2,3-5H3/t30-,31-,36-,37+/m1/s1. The van der Waals surface area contributed by atoms with Gasteiger partial charge in [-0.25, -0.2) is 9.59 Å². The molecule has 2 aliphatic heterocycles. The summed E-state index contributed by atoms with van der Waals surface area (Å²) in [5, 5.41) is 0. The Bertz CT molecular complexity index is 1520. The molecular weight excluding hydrogens is 552 g/mol. The average molecular weight is 593 g/mol. The van der Waals surface area contributed by atoms with Crippen molar-refractivity contribution in [1.29, 1.82) is 0 Å². The molecule has 7 heteroatoms. The summed E-state index contributed by atoms with van der Waals surface area (Å²) in [5.74, 6) is -0.895. The van der Waals surface area contributed by atoms with Crippen LogP contribution in [0.25, 0.3) is 0 Å². The van der Waals surface area contributed by atoms with Crippen LogP contribution in [-0.2, 0) is 25.5 Å². The van der Waals surface area contributed by atoms with Gasteiger partial charge in [-0.1, -0.05) is 103 Å². The molecule has 2 fully saturated rings. The van der Waals surface area contributed by atoms with E-state index >= 15 is 4.79 Å². The van der Waals surface area contributed by atoms with Crippen molar-refractivity contribution < 1.29 is 23.9 Å². The number of hydrogen-bond acceptors (Lipinski definition) is 5. The fourth-order valence-corrected chi connectivity index (χ4v) is 6.68. The molecule has 2 heterocycles. The van der Waals surface area contributed by atoms with Gasteiger partial charge in [-0.15, -0.1) is 13.2 Å². The smallest absolute Gasteiger partial charge is 0.411 e. The number of cyclic esters (lactones) is 1. The van der Waals surface area contributed by atoms with E-state index in [1.165, 1.54) is 0 Å². The molecule has 2 aliphatic rings. The predicted octanol–water partition coefficient (Wildman–Crippen LogP) is 6.98. The lowest BCUT2D eigenvalue weighted by Crippen LogP contribution is -2.81. The van der Waals surface area contributed by atoms with Crippen molar-refractivity contribution in [2.75, 3.05) is 6.61 Å². The van der Waals surface area contributed by atoms with E-state index in [1.54, 1.807) is 22.0 Å². The van der Waals surface area contributed by atoms with Crippen LogP contribution in [0.3, 0.4) is 0 Å². The molecule has 3 aromatic carbocycles. The molecule has 2 saturated heterocycles. The second-order valence-electron chi connectivity index (χ2n) is 12.5. The molecule has 4 atom stereocenters. The Balaban J connectivity index is 1.74. The van der Waals surface area contributed by atoms with E-state index < -0.39 is 40.8 Å². The van der Waals surface area contributed by atoms with Crippen molar-refractivity contribution in [3.05, 3.63) is 133 Å². The van der Waals surface area contributed by atoms with E-state index in [9.17, 15) is 9.59 Å². The first-order chi connectivity index (χ1) is 21.1. The minimum atomic E-state index is -1.45.